The maximum absolute atomic E-state index is 14.2. The van der Waals surface area contributed by atoms with Gasteiger partial charge < -0.3 is 24.7 Å². The number of amidine groups is 1. The Morgan fingerprint density at radius 1 is 1.32 bits per heavy atom. The van der Waals surface area contributed by atoms with Crippen molar-refractivity contribution in [1.82, 2.24) is 15.4 Å². The van der Waals surface area contributed by atoms with E-state index in [1.807, 2.05) is 13.8 Å². The summed E-state index contributed by atoms with van der Waals surface area (Å²) in [7, 11) is 0. The number of aliphatic hydroxyl groups is 1. The number of nitrogens with zero attached hydrogens (tertiary/aromatic N) is 3. The monoisotopic (exact) mass is 544 g/mol. The minimum atomic E-state index is -4.87. The fourth-order valence-electron chi connectivity index (χ4n) is 4.34. The number of halogens is 4. The van der Waals surface area contributed by atoms with Crippen LogP contribution in [0.4, 0.5) is 13.2 Å². The molecule has 0 saturated carbocycles. The molecule has 2 aliphatic rings. The van der Waals surface area contributed by atoms with Crippen LogP contribution >= 0.6 is 15.9 Å². The lowest BCUT2D eigenvalue weighted by Gasteiger charge is -2.32. The third kappa shape index (κ3) is 4.28. The van der Waals surface area contributed by atoms with Gasteiger partial charge in [0.25, 0.3) is 0 Å². The van der Waals surface area contributed by atoms with Crippen LogP contribution in [0, 0.1) is 12.8 Å². The average molecular weight is 545 g/mol. The van der Waals surface area contributed by atoms with Crippen molar-refractivity contribution in [2.24, 2.45) is 11.1 Å². The molecule has 0 spiro atoms. The van der Waals surface area contributed by atoms with Crippen LogP contribution in [0.1, 0.15) is 43.2 Å². The first-order valence-corrected chi connectivity index (χ1v) is 11.5. The normalized spacial score (nSPS) is 25.8. The summed E-state index contributed by atoms with van der Waals surface area (Å²) < 4.78 is 48.6. The number of likely N-dealkylation sites (tertiary alicyclic amines) is 1. The molecule has 0 unspecified atom stereocenters. The van der Waals surface area contributed by atoms with Gasteiger partial charge in [0, 0.05) is 29.1 Å². The molecule has 4 rings (SSSR count). The van der Waals surface area contributed by atoms with Gasteiger partial charge >= 0.3 is 11.9 Å². The Bertz CT molecular complexity index is 1090. The number of β-amino-alcohol motifs (C(OH)–C–C–N with tert-alkyl or cyclic N) is 1. The second-order valence-electron chi connectivity index (χ2n) is 8.87. The van der Waals surface area contributed by atoms with E-state index in [0.717, 1.165) is 0 Å². The number of amides is 1. The second-order valence-corrected chi connectivity index (χ2v) is 9.78. The van der Waals surface area contributed by atoms with Gasteiger partial charge in [-0.15, -0.1) is 0 Å². The summed E-state index contributed by atoms with van der Waals surface area (Å²) in [5, 5.41) is 20.3. The molecule has 1 aromatic carbocycles. The molecule has 2 N–H and O–H groups in total. The molecule has 34 heavy (non-hydrogen) atoms. The summed E-state index contributed by atoms with van der Waals surface area (Å²) in [6.45, 7) is 5.33. The number of hydrogen-bond donors (Lipinski definition) is 2. The van der Waals surface area contributed by atoms with Crippen LogP contribution in [0.5, 0.6) is 0 Å². The molecule has 8 nitrogen and oxygen atoms in total. The Labute approximate surface area is 202 Å². The first kappa shape index (κ1) is 24.5. The molecule has 12 heteroatoms. The second kappa shape index (κ2) is 8.88. The quantitative estimate of drug-likeness (QED) is 0.593. The fourth-order valence-corrected chi connectivity index (χ4v) is 4.61. The number of hydrogen-bond acceptors (Lipinski definition) is 7. The SMILES string of the molecule is Cc1cc([C@@H](C(=O)N2C[C@H](O)C[C@H]2C2=NO[C@@](c3ccc(Br)cc3)(C(F)(F)F)N2)C(C)C)on1. The van der Waals surface area contributed by atoms with Gasteiger partial charge in [0.1, 0.15) is 11.7 Å². The predicted molar refractivity (Wildman–Crippen MR) is 118 cm³/mol. The number of aromatic nitrogens is 1. The number of carbonyl (C=O) groups is 1. The summed E-state index contributed by atoms with van der Waals surface area (Å²) in [5.74, 6) is -1.14. The summed E-state index contributed by atoms with van der Waals surface area (Å²) in [5.41, 5.74) is -2.51. The minimum absolute atomic E-state index is 0.00938. The summed E-state index contributed by atoms with van der Waals surface area (Å²) in [6.07, 6.45) is -5.79. The van der Waals surface area contributed by atoms with E-state index < -0.39 is 35.9 Å². The van der Waals surface area contributed by atoms with E-state index in [2.05, 4.69) is 31.6 Å². The summed E-state index contributed by atoms with van der Waals surface area (Å²) in [6, 6.07) is 6.20. The lowest BCUT2D eigenvalue weighted by molar-refractivity contribution is -0.284. The number of alkyl halides is 3. The molecule has 4 atom stereocenters. The fraction of sp³-hybridized carbons (Fsp3) is 0.500. The van der Waals surface area contributed by atoms with Gasteiger partial charge in [-0.3, -0.25) is 4.79 Å². The number of rotatable bonds is 5. The zero-order chi connectivity index (χ0) is 24.8. The molecule has 0 radical (unpaired) electrons. The van der Waals surface area contributed by atoms with Gasteiger partial charge in [-0.1, -0.05) is 52.2 Å². The van der Waals surface area contributed by atoms with Crippen molar-refractivity contribution < 1.29 is 32.4 Å². The Morgan fingerprint density at radius 2 is 2.00 bits per heavy atom. The van der Waals surface area contributed by atoms with Crippen LogP contribution in [0.25, 0.3) is 0 Å². The van der Waals surface area contributed by atoms with Gasteiger partial charge in [-0.05, 0) is 25.0 Å². The van der Waals surface area contributed by atoms with Crippen molar-refractivity contribution in [2.75, 3.05) is 6.54 Å². The van der Waals surface area contributed by atoms with Gasteiger partial charge in [0.05, 0.1) is 17.8 Å². The van der Waals surface area contributed by atoms with Crippen molar-refractivity contribution in [2.45, 2.75) is 57.2 Å². The number of benzene rings is 1. The van der Waals surface area contributed by atoms with E-state index in [4.69, 9.17) is 9.36 Å². The highest BCUT2D eigenvalue weighted by Gasteiger charge is 2.64. The number of oxime groups is 1. The minimum Gasteiger partial charge on any atom is -0.391 e. The van der Waals surface area contributed by atoms with E-state index in [1.165, 1.54) is 29.2 Å². The lowest BCUT2D eigenvalue weighted by Crippen LogP contribution is -2.57. The molecule has 2 aliphatic heterocycles. The number of aryl methyl sites for hydroxylation is 1. The topological polar surface area (TPSA) is 100 Å². The predicted octanol–water partition coefficient (Wildman–Crippen LogP) is 3.80. The standard InChI is InChI=1S/C22H24BrF3N4O4/c1-11(2)18(17-8-12(3)28-33-17)20(32)30-10-15(31)9-16(30)19-27-21(34-29-19,22(24,25)26)13-4-6-14(23)7-5-13/h4-8,11,15-16,18,31H,9-10H2,1-3H3,(H,27,29)/t15-,16+,18+,21+/m1/s1. The Morgan fingerprint density at radius 3 is 2.56 bits per heavy atom. The highest BCUT2D eigenvalue weighted by Crippen LogP contribution is 2.44. The molecular weight excluding hydrogens is 521 g/mol. The van der Waals surface area contributed by atoms with Crippen molar-refractivity contribution in [3.63, 3.8) is 0 Å². The third-order valence-electron chi connectivity index (χ3n) is 6.00. The molecule has 0 aliphatic carbocycles. The number of carbonyl (C=O) groups excluding carboxylic acids is 1. The van der Waals surface area contributed by atoms with E-state index >= 15 is 0 Å². The van der Waals surface area contributed by atoms with E-state index in [-0.39, 0.29) is 30.3 Å². The van der Waals surface area contributed by atoms with Crippen LogP contribution in [-0.4, -0.2) is 51.8 Å². The van der Waals surface area contributed by atoms with Gasteiger partial charge in [-0.2, -0.15) is 13.2 Å². The molecule has 184 valence electrons. The zero-order valence-electron chi connectivity index (χ0n) is 18.6. The van der Waals surface area contributed by atoms with E-state index in [9.17, 15) is 23.1 Å². The maximum Gasteiger partial charge on any atom is 0.456 e. The molecular formula is C22H24BrF3N4O4. The van der Waals surface area contributed by atoms with Gasteiger partial charge in [0.15, 0.2) is 5.84 Å². The average Bonchev–Trinajstić information content (AvgIpc) is 3.46. The van der Waals surface area contributed by atoms with Crippen LogP contribution in [0.15, 0.2) is 44.5 Å². The highest BCUT2D eigenvalue weighted by atomic mass is 79.9. The van der Waals surface area contributed by atoms with Crippen LogP contribution in [0.2, 0.25) is 0 Å². The van der Waals surface area contributed by atoms with Crippen LogP contribution < -0.4 is 5.32 Å². The maximum atomic E-state index is 14.2. The van der Waals surface area contributed by atoms with Gasteiger partial charge in [0.2, 0.25) is 5.91 Å². The molecule has 0 bridgehead atoms. The molecule has 3 heterocycles. The van der Waals surface area contributed by atoms with Crippen molar-refractivity contribution in [1.29, 1.82) is 0 Å². The van der Waals surface area contributed by atoms with Crippen molar-refractivity contribution in [3.8, 4) is 0 Å². The Kier molecular flexibility index (Phi) is 6.40. The lowest BCUT2D eigenvalue weighted by atomic mass is 9.91. The zero-order valence-corrected chi connectivity index (χ0v) is 20.2. The number of nitrogens with one attached hydrogen (secondary N) is 1. The van der Waals surface area contributed by atoms with E-state index in [1.54, 1.807) is 13.0 Å². The molecule has 1 saturated heterocycles. The third-order valence-corrected chi connectivity index (χ3v) is 6.53. The summed E-state index contributed by atoms with van der Waals surface area (Å²) >= 11 is 3.21. The Balaban J connectivity index is 1.64. The molecule has 2 aromatic rings. The first-order chi connectivity index (χ1) is 15.9. The van der Waals surface area contributed by atoms with Crippen molar-refractivity contribution >= 4 is 27.7 Å². The highest BCUT2D eigenvalue weighted by molar-refractivity contribution is 9.10. The van der Waals surface area contributed by atoms with E-state index in [0.29, 0.717) is 15.9 Å². The first-order valence-electron chi connectivity index (χ1n) is 10.7. The Hall–Kier alpha value is -2.60. The van der Waals surface area contributed by atoms with Gasteiger partial charge in [-0.25, -0.2) is 0 Å². The summed E-state index contributed by atoms with van der Waals surface area (Å²) in [4.78, 5) is 19.9. The molecule has 1 aromatic heterocycles. The van der Waals surface area contributed by atoms with Crippen LogP contribution in [-0.2, 0) is 15.4 Å². The smallest absolute Gasteiger partial charge is 0.391 e. The van der Waals surface area contributed by atoms with Crippen molar-refractivity contribution in [3.05, 3.63) is 51.8 Å². The molecule has 1 fully saturated rings. The van der Waals surface area contributed by atoms with Crippen LogP contribution in [0.3, 0.4) is 0 Å². The number of aliphatic hydroxyl groups excluding tert-OH is 1. The molecule has 1 amide bonds. The largest absolute Gasteiger partial charge is 0.456 e.